The van der Waals surface area contributed by atoms with E-state index < -0.39 is 12.1 Å². The van der Waals surface area contributed by atoms with Crippen molar-refractivity contribution >= 4 is 23.2 Å². The Morgan fingerprint density at radius 3 is 1.97 bits per heavy atom. The van der Waals surface area contributed by atoms with Gasteiger partial charge in [-0.15, -0.1) is 0 Å². The molecule has 0 aliphatic carbocycles. The van der Waals surface area contributed by atoms with Crippen LogP contribution < -0.4 is 4.90 Å². The van der Waals surface area contributed by atoms with Crippen LogP contribution in [0, 0.1) is 0 Å². The van der Waals surface area contributed by atoms with Crippen molar-refractivity contribution < 1.29 is 9.90 Å². The van der Waals surface area contributed by atoms with Crippen LogP contribution in [0.2, 0.25) is 0 Å². The van der Waals surface area contributed by atoms with Gasteiger partial charge in [0.1, 0.15) is 6.10 Å². The van der Waals surface area contributed by atoms with E-state index in [9.17, 15) is 9.90 Å². The van der Waals surface area contributed by atoms with Crippen LogP contribution in [-0.2, 0) is 0 Å². The first-order valence-electron chi connectivity index (χ1n) is 10.7. The van der Waals surface area contributed by atoms with Gasteiger partial charge in [-0.25, -0.2) is 0 Å². The normalized spacial score (nSPS) is 16.1. The molecular formula is C29H23NO2. The van der Waals surface area contributed by atoms with Crippen molar-refractivity contribution in [2.24, 2.45) is 0 Å². The summed E-state index contributed by atoms with van der Waals surface area (Å²) < 4.78 is 0. The van der Waals surface area contributed by atoms with Gasteiger partial charge < -0.3 is 10.0 Å². The molecule has 2 atom stereocenters. The molecule has 0 aromatic heterocycles. The number of fused-ring (bicyclic) bond motifs is 1. The highest BCUT2D eigenvalue weighted by molar-refractivity contribution is 6.02. The third kappa shape index (κ3) is 3.64. The fourth-order valence-electron chi connectivity index (χ4n) is 4.36. The Morgan fingerprint density at radius 2 is 1.28 bits per heavy atom. The number of benzene rings is 4. The van der Waals surface area contributed by atoms with Gasteiger partial charge in [0, 0.05) is 16.9 Å². The van der Waals surface area contributed by atoms with Crippen molar-refractivity contribution in [3.05, 3.63) is 138 Å². The molecule has 4 aromatic carbocycles. The summed E-state index contributed by atoms with van der Waals surface area (Å²) in [6.45, 7) is 0. The number of hydrogen-bond acceptors (Lipinski definition) is 3. The van der Waals surface area contributed by atoms with Gasteiger partial charge in [-0.3, -0.25) is 4.79 Å². The predicted molar refractivity (Wildman–Crippen MR) is 129 cm³/mol. The number of Topliss-reactive ketones (excluding diaryl/α,β-unsaturated/α-hetero) is 1. The van der Waals surface area contributed by atoms with E-state index in [0.29, 0.717) is 5.56 Å². The highest BCUT2D eigenvalue weighted by atomic mass is 16.3. The smallest absolute Gasteiger partial charge is 0.193 e. The van der Waals surface area contributed by atoms with Crippen LogP contribution in [0.1, 0.15) is 33.1 Å². The van der Waals surface area contributed by atoms with Crippen LogP contribution in [0.3, 0.4) is 0 Å². The monoisotopic (exact) mass is 417 g/mol. The molecule has 1 heterocycles. The highest BCUT2D eigenvalue weighted by Gasteiger charge is 2.38. The molecule has 5 rings (SSSR count). The van der Waals surface area contributed by atoms with Gasteiger partial charge in [-0.05, 0) is 34.9 Å². The van der Waals surface area contributed by atoms with E-state index in [1.54, 1.807) is 12.1 Å². The van der Waals surface area contributed by atoms with Crippen molar-refractivity contribution in [2.45, 2.75) is 12.1 Å². The highest BCUT2D eigenvalue weighted by Crippen LogP contribution is 2.43. The van der Waals surface area contributed by atoms with E-state index >= 15 is 0 Å². The Labute approximate surface area is 187 Å². The maximum absolute atomic E-state index is 13.4. The Kier molecular flexibility index (Phi) is 5.40. The topological polar surface area (TPSA) is 40.5 Å². The average molecular weight is 418 g/mol. The van der Waals surface area contributed by atoms with Gasteiger partial charge in [0.15, 0.2) is 5.78 Å². The number of rotatable bonds is 5. The van der Waals surface area contributed by atoms with Crippen molar-refractivity contribution in [1.82, 2.24) is 0 Å². The van der Waals surface area contributed by atoms with Crippen LogP contribution in [0.25, 0.3) is 11.8 Å². The number of para-hydroxylation sites is 1. The molecule has 2 unspecified atom stereocenters. The summed E-state index contributed by atoms with van der Waals surface area (Å²) in [5, 5.41) is 11.5. The zero-order valence-corrected chi connectivity index (χ0v) is 17.5. The zero-order chi connectivity index (χ0) is 21.9. The van der Waals surface area contributed by atoms with Gasteiger partial charge in [-0.2, -0.15) is 0 Å². The molecule has 1 aliphatic rings. The molecule has 0 bridgehead atoms. The third-order valence-corrected chi connectivity index (χ3v) is 5.87. The first kappa shape index (κ1) is 20.0. The second kappa shape index (κ2) is 8.66. The fraction of sp³-hybridized carbons (Fsp3) is 0.0690. The maximum Gasteiger partial charge on any atom is 0.193 e. The Bertz CT molecular complexity index is 1250. The zero-order valence-electron chi connectivity index (χ0n) is 17.5. The number of nitrogens with zero attached hydrogens (tertiary/aromatic N) is 1. The summed E-state index contributed by atoms with van der Waals surface area (Å²) in [5.74, 6) is -0.291. The lowest BCUT2D eigenvalue weighted by Crippen LogP contribution is -2.41. The predicted octanol–water partition coefficient (Wildman–Crippen LogP) is 5.99. The number of anilines is 1. The van der Waals surface area contributed by atoms with E-state index in [1.807, 2.05) is 91.0 Å². The number of aliphatic hydroxyl groups is 1. The van der Waals surface area contributed by atoms with Crippen molar-refractivity contribution in [1.29, 1.82) is 0 Å². The first-order valence-corrected chi connectivity index (χ1v) is 10.7. The van der Waals surface area contributed by atoms with E-state index in [0.717, 1.165) is 28.1 Å². The summed E-state index contributed by atoms with van der Waals surface area (Å²) in [5.41, 5.74) is 5.32. The molecule has 0 spiro atoms. The summed E-state index contributed by atoms with van der Waals surface area (Å²) in [6.07, 6.45) is 0.889. The number of aliphatic hydroxyl groups excluding tert-OH is 1. The lowest BCUT2D eigenvalue weighted by atomic mass is 9.85. The molecule has 156 valence electrons. The van der Waals surface area contributed by atoms with Gasteiger partial charge in [0.2, 0.25) is 0 Å². The standard InChI is InChI=1S/C29H23NO2/c31-28(22-14-6-2-7-15-22)29(32)27-25-19-11-10-16-23(25)20-26(21-12-4-1-5-13-21)30(27)24-17-8-3-9-18-24/h1-20,27,29,32H. The van der Waals surface area contributed by atoms with Gasteiger partial charge in [0.25, 0.3) is 0 Å². The minimum Gasteiger partial charge on any atom is -0.382 e. The van der Waals surface area contributed by atoms with Crippen LogP contribution in [0.4, 0.5) is 5.69 Å². The molecular weight excluding hydrogens is 394 g/mol. The molecule has 3 nitrogen and oxygen atoms in total. The minimum absolute atomic E-state index is 0.291. The molecule has 4 aromatic rings. The summed E-state index contributed by atoms with van der Waals surface area (Å²) >= 11 is 0. The minimum atomic E-state index is -1.24. The van der Waals surface area contributed by atoms with Gasteiger partial charge in [-0.1, -0.05) is 103 Å². The number of hydrogen-bond donors (Lipinski definition) is 1. The largest absolute Gasteiger partial charge is 0.382 e. The van der Waals surface area contributed by atoms with Crippen molar-refractivity contribution in [2.75, 3.05) is 4.90 Å². The molecule has 3 heteroatoms. The first-order chi connectivity index (χ1) is 15.7. The maximum atomic E-state index is 13.4. The Morgan fingerprint density at radius 1 is 0.719 bits per heavy atom. The van der Waals surface area contributed by atoms with Crippen molar-refractivity contribution in [3.63, 3.8) is 0 Å². The summed E-state index contributed by atoms with van der Waals surface area (Å²) in [6, 6.07) is 36.4. The lowest BCUT2D eigenvalue weighted by Gasteiger charge is -2.41. The molecule has 1 N–H and O–H groups in total. The Balaban J connectivity index is 1.71. The van der Waals surface area contributed by atoms with E-state index in [1.165, 1.54) is 0 Å². The third-order valence-electron chi connectivity index (χ3n) is 5.87. The molecule has 0 saturated heterocycles. The number of carbonyl (C=O) groups excluding carboxylic acids is 1. The average Bonchev–Trinajstić information content (AvgIpc) is 2.88. The fourth-order valence-corrected chi connectivity index (χ4v) is 4.36. The molecule has 0 amide bonds. The number of carbonyl (C=O) groups is 1. The lowest BCUT2D eigenvalue weighted by molar-refractivity contribution is 0.0692. The van der Waals surface area contributed by atoms with E-state index in [2.05, 4.69) is 23.1 Å². The second-order valence-electron chi connectivity index (χ2n) is 7.85. The summed E-state index contributed by atoms with van der Waals surface area (Å²) in [4.78, 5) is 15.5. The Hall–Kier alpha value is -3.95. The van der Waals surface area contributed by atoms with E-state index in [4.69, 9.17) is 0 Å². The van der Waals surface area contributed by atoms with Gasteiger partial charge in [0.05, 0.1) is 6.04 Å². The molecule has 0 radical (unpaired) electrons. The quantitative estimate of drug-likeness (QED) is 0.406. The second-order valence-corrected chi connectivity index (χ2v) is 7.85. The molecule has 0 saturated carbocycles. The van der Waals surface area contributed by atoms with Crippen LogP contribution >= 0.6 is 0 Å². The molecule has 1 aliphatic heterocycles. The number of ketones is 1. The van der Waals surface area contributed by atoms with Crippen LogP contribution in [0.5, 0.6) is 0 Å². The van der Waals surface area contributed by atoms with Crippen LogP contribution in [-0.4, -0.2) is 17.0 Å². The van der Waals surface area contributed by atoms with Crippen LogP contribution in [0.15, 0.2) is 115 Å². The summed E-state index contributed by atoms with van der Waals surface area (Å²) in [7, 11) is 0. The SMILES string of the molecule is O=C(c1ccccc1)C(O)C1c2ccccc2C=C(c2ccccc2)N1c1ccccc1. The van der Waals surface area contributed by atoms with Gasteiger partial charge >= 0.3 is 0 Å². The van der Waals surface area contributed by atoms with E-state index in [-0.39, 0.29) is 5.78 Å². The molecule has 32 heavy (non-hydrogen) atoms. The molecule has 0 fully saturated rings. The van der Waals surface area contributed by atoms with Crippen molar-refractivity contribution in [3.8, 4) is 0 Å².